The number of H-pyrrole nitrogens is 1. The lowest BCUT2D eigenvalue weighted by atomic mass is 10.1. The third-order valence-electron chi connectivity index (χ3n) is 2.83. The maximum absolute atomic E-state index is 12.0. The summed E-state index contributed by atoms with van der Waals surface area (Å²) in [4.78, 5) is 29.1. The first-order valence-corrected chi connectivity index (χ1v) is 7.11. The van der Waals surface area contributed by atoms with Crippen molar-refractivity contribution in [3.8, 4) is 5.88 Å². The predicted molar refractivity (Wildman–Crippen MR) is 78.7 cm³/mol. The van der Waals surface area contributed by atoms with E-state index in [0.717, 1.165) is 17.3 Å². The number of hydrogen-bond donors (Lipinski definition) is 3. The second-order valence-electron chi connectivity index (χ2n) is 4.43. The third kappa shape index (κ3) is 3.85. The highest BCUT2D eigenvalue weighted by atomic mass is 32.2. The summed E-state index contributed by atoms with van der Waals surface area (Å²) >= 11 is 0.869. The summed E-state index contributed by atoms with van der Waals surface area (Å²) in [5.74, 6) is -1.39. The van der Waals surface area contributed by atoms with Gasteiger partial charge in [-0.25, -0.2) is 0 Å². The van der Waals surface area contributed by atoms with Gasteiger partial charge in [-0.15, -0.1) is 0 Å². The molecule has 1 aromatic heterocycles. The topological polar surface area (TPSA) is 103 Å². The Balaban J connectivity index is 2.26. The van der Waals surface area contributed by atoms with Crippen molar-refractivity contribution in [3.05, 3.63) is 51.8 Å². The minimum atomic E-state index is -1.02. The normalized spacial score (nSPS) is 12.0. The van der Waals surface area contributed by atoms with Crippen LogP contribution < -0.4 is 5.56 Å². The Bertz CT molecular complexity index is 700. The van der Waals surface area contributed by atoms with E-state index >= 15 is 0 Å². The number of carboxylic acids is 1. The first-order valence-electron chi connectivity index (χ1n) is 6.23. The molecule has 0 aliphatic heterocycles. The lowest BCUT2D eigenvalue weighted by Crippen LogP contribution is -2.18. The van der Waals surface area contributed by atoms with E-state index in [0.29, 0.717) is 0 Å². The summed E-state index contributed by atoms with van der Waals surface area (Å²) in [7, 11) is 0. The zero-order valence-corrected chi connectivity index (χ0v) is 12.1. The van der Waals surface area contributed by atoms with Gasteiger partial charge in [0, 0.05) is 6.42 Å². The third-order valence-corrected chi connectivity index (χ3v) is 3.80. The quantitative estimate of drug-likeness (QED) is 0.573. The molecule has 1 atom stereocenters. The lowest BCUT2D eigenvalue weighted by Gasteiger charge is -2.08. The average molecular weight is 306 g/mol. The van der Waals surface area contributed by atoms with Gasteiger partial charge in [-0.1, -0.05) is 42.1 Å². The van der Waals surface area contributed by atoms with Crippen LogP contribution in [0.25, 0.3) is 0 Å². The van der Waals surface area contributed by atoms with E-state index in [-0.39, 0.29) is 23.0 Å². The fourth-order valence-corrected chi connectivity index (χ4v) is 2.43. The molecule has 0 saturated heterocycles. The molecule has 0 unspecified atom stereocenters. The molecule has 0 radical (unpaired) electrons. The van der Waals surface area contributed by atoms with Crippen LogP contribution in [0.4, 0.5) is 0 Å². The van der Waals surface area contributed by atoms with Crippen LogP contribution >= 0.6 is 11.8 Å². The number of aromatic nitrogens is 2. The summed E-state index contributed by atoms with van der Waals surface area (Å²) < 4.78 is 0. The van der Waals surface area contributed by atoms with E-state index in [2.05, 4.69) is 9.97 Å². The molecule has 21 heavy (non-hydrogen) atoms. The van der Waals surface area contributed by atoms with Crippen LogP contribution in [0.15, 0.2) is 40.3 Å². The van der Waals surface area contributed by atoms with Crippen molar-refractivity contribution in [2.45, 2.75) is 23.8 Å². The Morgan fingerprint density at radius 3 is 2.62 bits per heavy atom. The monoisotopic (exact) mass is 306 g/mol. The number of nitrogens with zero attached hydrogens (tertiary/aromatic N) is 1. The molecule has 2 rings (SSSR count). The fraction of sp³-hybridized carbons (Fsp3) is 0.214. The highest BCUT2D eigenvalue weighted by molar-refractivity contribution is 8.00. The van der Waals surface area contributed by atoms with Crippen molar-refractivity contribution >= 4 is 17.7 Å². The molecule has 2 aromatic rings. The van der Waals surface area contributed by atoms with Crippen molar-refractivity contribution < 1.29 is 15.0 Å². The van der Waals surface area contributed by atoms with Crippen molar-refractivity contribution in [3.63, 3.8) is 0 Å². The summed E-state index contributed by atoms with van der Waals surface area (Å²) in [6.45, 7) is 1.47. The number of carboxylic acid groups (broad SMARTS) is 1. The van der Waals surface area contributed by atoms with Gasteiger partial charge in [-0.3, -0.25) is 9.59 Å². The van der Waals surface area contributed by atoms with Crippen LogP contribution in [0, 0.1) is 0 Å². The van der Waals surface area contributed by atoms with Gasteiger partial charge in [0.15, 0.2) is 5.16 Å². The highest BCUT2D eigenvalue weighted by Crippen LogP contribution is 2.22. The fourth-order valence-electron chi connectivity index (χ4n) is 1.70. The second kappa shape index (κ2) is 6.45. The molecule has 3 N–H and O–H groups in total. The average Bonchev–Trinajstić information content (AvgIpc) is 2.44. The van der Waals surface area contributed by atoms with Crippen LogP contribution in [-0.2, 0) is 11.2 Å². The molecule has 0 fully saturated rings. The zero-order valence-electron chi connectivity index (χ0n) is 11.2. The van der Waals surface area contributed by atoms with Gasteiger partial charge < -0.3 is 15.2 Å². The summed E-state index contributed by atoms with van der Waals surface area (Å²) in [5, 5.41) is 18.0. The van der Waals surface area contributed by atoms with Gasteiger partial charge in [0.2, 0.25) is 5.88 Å². The summed E-state index contributed by atoms with van der Waals surface area (Å²) in [5.41, 5.74) is 0.569. The Kier molecular flexibility index (Phi) is 4.64. The number of benzene rings is 1. The molecule has 7 heteroatoms. The maximum Gasteiger partial charge on any atom is 0.316 e. The largest absolute Gasteiger partial charge is 0.493 e. The van der Waals surface area contributed by atoms with E-state index in [4.69, 9.17) is 5.11 Å². The summed E-state index contributed by atoms with van der Waals surface area (Å²) in [6.07, 6.45) is 0.258. The minimum absolute atomic E-state index is 0.0872. The number of hydrogen-bond acceptors (Lipinski definition) is 5. The van der Waals surface area contributed by atoms with Crippen molar-refractivity contribution in [1.82, 2.24) is 9.97 Å². The molecule has 0 aliphatic carbocycles. The molecule has 0 amide bonds. The molecule has 1 aromatic carbocycles. The number of aromatic amines is 1. The highest BCUT2D eigenvalue weighted by Gasteiger charge is 2.17. The Morgan fingerprint density at radius 1 is 1.38 bits per heavy atom. The minimum Gasteiger partial charge on any atom is -0.493 e. The molecule has 0 spiro atoms. The number of nitrogens with one attached hydrogen (secondary N) is 1. The van der Waals surface area contributed by atoms with Crippen molar-refractivity contribution in [2.75, 3.05) is 0 Å². The number of aromatic hydroxyl groups is 1. The maximum atomic E-state index is 12.0. The number of rotatable bonds is 5. The van der Waals surface area contributed by atoms with Gasteiger partial charge in [-0.2, -0.15) is 4.98 Å². The molecule has 0 saturated carbocycles. The molecular formula is C14H14N2O4S. The van der Waals surface area contributed by atoms with Crippen molar-refractivity contribution in [2.24, 2.45) is 0 Å². The number of carbonyl (C=O) groups is 1. The van der Waals surface area contributed by atoms with Crippen LogP contribution in [-0.4, -0.2) is 31.4 Å². The van der Waals surface area contributed by atoms with E-state index in [1.807, 2.05) is 30.3 Å². The van der Waals surface area contributed by atoms with Gasteiger partial charge in [0.25, 0.3) is 5.56 Å². The molecule has 0 aliphatic rings. The van der Waals surface area contributed by atoms with Crippen LogP contribution in [0.1, 0.15) is 18.1 Å². The van der Waals surface area contributed by atoms with Crippen LogP contribution in [0.5, 0.6) is 5.88 Å². The standard InChI is InChI=1S/C14H14N2O4S/c1-8(13(19)20)21-14-15-11(17)10(12(18)16-14)7-9-5-3-2-4-6-9/h2-6,8H,7H2,1H3,(H,19,20)(H2,15,16,17,18)/t8-/m0/s1. The second-order valence-corrected chi connectivity index (χ2v) is 5.76. The predicted octanol–water partition coefficient (Wildman–Crippen LogP) is 1.63. The first kappa shape index (κ1) is 15.1. The molecule has 110 valence electrons. The van der Waals surface area contributed by atoms with E-state index in [1.54, 1.807) is 0 Å². The van der Waals surface area contributed by atoms with Gasteiger partial charge in [-0.05, 0) is 12.5 Å². The molecule has 1 heterocycles. The number of thioether (sulfide) groups is 1. The Morgan fingerprint density at radius 2 is 2.05 bits per heavy atom. The molecule has 0 bridgehead atoms. The van der Waals surface area contributed by atoms with E-state index in [9.17, 15) is 14.7 Å². The van der Waals surface area contributed by atoms with Gasteiger partial charge >= 0.3 is 5.97 Å². The Hall–Kier alpha value is -2.28. The summed E-state index contributed by atoms with van der Waals surface area (Å²) in [6, 6.07) is 9.22. The molecule has 6 nitrogen and oxygen atoms in total. The van der Waals surface area contributed by atoms with Crippen LogP contribution in [0.2, 0.25) is 0 Å². The van der Waals surface area contributed by atoms with Crippen molar-refractivity contribution in [1.29, 1.82) is 0 Å². The smallest absolute Gasteiger partial charge is 0.316 e. The van der Waals surface area contributed by atoms with E-state index in [1.165, 1.54) is 6.92 Å². The lowest BCUT2D eigenvalue weighted by molar-refractivity contribution is -0.136. The first-order chi connectivity index (χ1) is 9.97. The Labute approximate surface area is 124 Å². The van der Waals surface area contributed by atoms with Gasteiger partial charge in [0.1, 0.15) is 5.25 Å². The molecular weight excluding hydrogens is 292 g/mol. The SMILES string of the molecule is C[C@H](Sc1nc(O)c(Cc2ccccc2)c(=O)[nH]1)C(=O)O. The zero-order chi connectivity index (χ0) is 15.4. The number of aliphatic carboxylic acids is 1. The van der Waals surface area contributed by atoms with Crippen LogP contribution in [0.3, 0.4) is 0 Å². The van der Waals surface area contributed by atoms with Gasteiger partial charge in [0.05, 0.1) is 5.56 Å². The van der Waals surface area contributed by atoms with E-state index < -0.39 is 16.8 Å².